The second-order valence-corrected chi connectivity index (χ2v) is 19.1. The number of hydrogen-bond donors (Lipinski definition) is 6. The number of ether oxygens (including phenoxy) is 3. The molecule has 0 bridgehead atoms. The Hall–Kier alpha value is -6.65. The Balaban J connectivity index is 0.864. The standard InChI is InChI=1S/C50H56ClF3N8O9S/c1-29(31-6-8-32(9-7-31)43-30(2)57-28-72-43)58-46(66)41-25-35(63)27-62(41)47(67)44(49(3,4)5)61-42(64)17-20-69-22-23-70-21-19-56-45(65)40-26-37(16-18-55-40)71-36-13-10-33(11-14-36)59-48(68)60-34-12-15-39(51)38(24-34)50(52,53)54/h6-16,18,24,26,28-29,35,41,44,63H,17,19-23,25,27H2,1-5H3,(H,56,65)(H,58,66)(H,61,64)(H2,59,60,68)/t29-,35+,41-,44?/m0/s1. The number of carbonyl (C=O) groups is 5. The summed E-state index contributed by atoms with van der Waals surface area (Å²) in [5.41, 5.74) is 3.12. The van der Waals surface area contributed by atoms with Gasteiger partial charge in [-0.25, -0.2) is 9.78 Å². The number of pyridine rings is 1. The summed E-state index contributed by atoms with van der Waals surface area (Å²) in [4.78, 5) is 76.8. The number of halogens is 4. The normalized spacial score (nSPS) is 15.6. The van der Waals surface area contributed by atoms with Crippen LogP contribution in [0.4, 0.5) is 29.3 Å². The molecule has 17 nitrogen and oxygen atoms in total. The zero-order valence-corrected chi connectivity index (χ0v) is 41.7. The number of rotatable bonds is 20. The molecule has 4 atom stereocenters. The smallest absolute Gasteiger partial charge is 0.417 e. The molecular formula is C50H56ClF3N8O9S. The zero-order valence-electron chi connectivity index (χ0n) is 40.1. The maximum Gasteiger partial charge on any atom is 0.417 e. The fourth-order valence-electron chi connectivity index (χ4n) is 7.52. The lowest BCUT2D eigenvalue weighted by Gasteiger charge is -2.35. The molecule has 1 aliphatic rings. The lowest BCUT2D eigenvalue weighted by atomic mass is 9.85. The number of likely N-dealkylation sites (tertiary alicyclic amines) is 1. The van der Waals surface area contributed by atoms with Crippen molar-refractivity contribution in [2.24, 2.45) is 5.41 Å². The van der Waals surface area contributed by atoms with Gasteiger partial charge in [0.15, 0.2) is 0 Å². The number of amides is 6. The van der Waals surface area contributed by atoms with E-state index in [1.54, 1.807) is 22.9 Å². The number of aromatic nitrogens is 2. The van der Waals surface area contributed by atoms with E-state index in [2.05, 4.69) is 36.6 Å². The van der Waals surface area contributed by atoms with Gasteiger partial charge in [-0.2, -0.15) is 13.2 Å². The molecule has 0 saturated carbocycles. The van der Waals surface area contributed by atoms with E-state index < -0.39 is 70.0 Å². The number of anilines is 2. The van der Waals surface area contributed by atoms with Crippen molar-refractivity contribution in [2.45, 2.75) is 77.9 Å². The SMILES string of the molecule is Cc1ncsc1-c1ccc([C@H](C)NC(=O)[C@@H]2C[C@@H](O)CN2C(=O)C(NC(=O)CCOCCOCCNC(=O)c2cc(Oc3ccc(NC(=O)Nc4ccc(Cl)c(C(F)(F)F)c4)cc3)ccn2)C(C)(C)C)cc1. The van der Waals surface area contributed by atoms with E-state index in [1.807, 2.05) is 58.9 Å². The van der Waals surface area contributed by atoms with Crippen LogP contribution in [0.5, 0.6) is 11.5 Å². The second kappa shape index (κ2) is 24.7. The van der Waals surface area contributed by atoms with E-state index in [1.165, 1.54) is 47.5 Å². The van der Waals surface area contributed by atoms with Gasteiger partial charge in [0.1, 0.15) is 29.3 Å². The van der Waals surface area contributed by atoms with Crippen molar-refractivity contribution in [3.63, 3.8) is 0 Å². The second-order valence-electron chi connectivity index (χ2n) is 17.9. The Morgan fingerprint density at radius 3 is 2.21 bits per heavy atom. The molecule has 0 spiro atoms. The number of aryl methyl sites for hydroxylation is 1. The summed E-state index contributed by atoms with van der Waals surface area (Å²) >= 11 is 7.20. The molecule has 6 N–H and O–H groups in total. The first-order valence-corrected chi connectivity index (χ1v) is 24.1. The number of nitrogens with one attached hydrogen (secondary N) is 5. The Kier molecular flexibility index (Phi) is 18.7. The van der Waals surface area contributed by atoms with Crippen molar-refractivity contribution in [2.75, 3.05) is 50.2 Å². The van der Waals surface area contributed by atoms with Crippen LogP contribution in [0.2, 0.25) is 5.02 Å². The van der Waals surface area contributed by atoms with Gasteiger partial charge in [0.2, 0.25) is 17.7 Å². The highest BCUT2D eigenvalue weighted by molar-refractivity contribution is 7.13. The van der Waals surface area contributed by atoms with E-state index >= 15 is 0 Å². The molecule has 1 unspecified atom stereocenters. The fraction of sp³-hybridized carbons (Fsp3) is 0.380. The molecule has 5 aromatic rings. The molecule has 2 aromatic heterocycles. The minimum atomic E-state index is -4.69. The summed E-state index contributed by atoms with van der Waals surface area (Å²) in [6, 6.07) is 16.8. The number of aliphatic hydroxyl groups excluding tert-OH is 1. The summed E-state index contributed by atoms with van der Waals surface area (Å²) < 4.78 is 56.5. The molecule has 3 aromatic carbocycles. The molecule has 384 valence electrons. The zero-order chi connectivity index (χ0) is 52.2. The predicted molar refractivity (Wildman–Crippen MR) is 265 cm³/mol. The van der Waals surface area contributed by atoms with Crippen molar-refractivity contribution < 1.29 is 56.5 Å². The summed E-state index contributed by atoms with van der Waals surface area (Å²) in [5, 5.41) is 23.5. The van der Waals surface area contributed by atoms with Crippen LogP contribution in [0, 0.1) is 12.3 Å². The minimum Gasteiger partial charge on any atom is -0.457 e. The number of benzene rings is 3. The van der Waals surface area contributed by atoms with Gasteiger partial charge in [0.25, 0.3) is 5.91 Å². The summed E-state index contributed by atoms with van der Waals surface area (Å²) in [7, 11) is 0. The first-order chi connectivity index (χ1) is 34.2. The monoisotopic (exact) mass is 1040 g/mol. The maximum absolute atomic E-state index is 14.0. The molecule has 0 radical (unpaired) electrons. The van der Waals surface area contributed by atoms with E-state index in [0.717, 1.165) is 33.8 Å². The fourth-order valence-corrected chi connectivity index (χ4v) is 8.55. The topological polar surface area (TPSA) is 222 Å². The molecule has 1 aliphatic heterocycles. The van der Waals surface area contributed by atoms with Gasteiger partial charge in [-0.15, -0.1) is 11.3 Å². The molecular weight excluding hydrogens is 981 g/mol. The largest absolute Gasteiger partial charge is 0.457 e. The molecule has 1 fully saturated rings. The van der Waals surface area contributed by atoms with Crippen LogP contribution in [0.15, 0.2) is 90.6 Å². The van der Waals surface area contributed by atoms with Crippen LogP contribution >= 0.6 is 22.9 Å². The average molecular weight is 1040 g/mol. The van der Waals surface area contributed by atoms with Gasteiger partial charge in [0, 0.05) is 49.6 Å². The summed E-state index contributed by atoms with van der Waals surface area (Å²) in [5.74, 6) is -1.13. The Morgan fingerprint density at radius 1 is 0.861 bits per heavy atom. The minimum absolute atomic E-state index is 0.0398. The molecule has 72 heavy (non-hydrogen) atoms. The third kappa shape index (κ3) is 15.4. The van der Waals surface area contributed by atoms with E-state index in [0.29, 0.717) is 17.2 Å². The van der Waals surface area contributed by atoms with E-state index in [-0.39, 0.29) is 69.8 Å². The van der Waals surface area contributed by atoms with Crippen molar-refractivity contribution in [3.05, 3.63) is 118 Å². The van der Waals surface area contributed by atoms with Crippen LogP contribution in [0.1, 0.15) is 73.9 Å². The van der Waals surface area contributed by atoms with Gasteiger partial charge >= 0.3 is 12.2 Å². The molecule has 3 heterocycles. The highest BCUT2D eigenvalue weighted by Gasteiger charge is 2.44. The number of nitrogens with zero attached hydrogens (tertiary/aromatic N) is 3. The van der Waals surface area contributed by atoms with Crippen molar-refractivity contribution in [1.82, 2.24) is 30.8 Å². The van der Waals surface area contributed by atoms with Crippen LogP contribution < -0.4 is 31.3 Å². The number of hydrogen-bond acceptors (Lipinski definition) is 12. The molecule has 6 amide bonds. The van der Waals surface area contributed by atoms with Gasteiger partial charge in [-0.3, -0.25) is 24.2 Å². The summed E-state index contributed by atoms with van der Waals surface area (Å²) in [6.07, 6.45) is -4.20. The third-order valence-corrected chi connectivity index (χ3v) is 12.6. The first-order valence-electron chi connectivity index (χ1n) is 22.9. The lowest BCUT2D eigenvalue weighted by Crippen LogP contribution is -2.58. The third-order valence-electron chi connectivity index (χ3n) is 11.3. The quantitative estimate of drug-likeness (QED) is 0.0408. The Morgan fingerprint density at radius 2 is 1.54 bits per heavy atom. The molecule has 0 aliphatic carbocycles. The number of β-amino-alcohol motifs (C(OH)–C–C–N with tert-alkyl or cyclic N) is 1. The number of carbonyl (C=O) groups excluding carboxylic acids is 5. The maximum atomic E-state index is 14.0. The number of urea groups is 1. The molecule has 22 heteroatoms. The molecule has 6 rings (SSSR count). The van der Waals surface area contributed by atoms with Gasteiger partial charge in [-0.05, 0) is 78.9 Å². The molecule has 1 saturated heterocycles. The van der Waals surface area contributed by atoms with Gasteiger partial charge in [0.05, 0.1) is 65.2 Å². The van der Waals surface area contributed by atoms with Crippen LogP contribution in [0.25, 0.3) is 10.4 Å². The Labute approximate surface area is 423 Å². The first kappa shape index (κ1) is 54.7. The number of thiazole rings is 1. The highest BCUT2D eigenvalue weighted by atomic mass is 35.5. The Bertz CT molecular complexity index is 2690. The highest BCUT2D eigenvalue weighted by Crippen LogP contribution is 2.36. The van der Waals surface area contributed by atoms with Crippen LogP contribution in [-0.2, 0) is 30.0 Å². The summed E-state index contributed by atoms with van der Waals surface area (Å²) in [6.45, 7) is 9.84. The van der Waals surface area contributed by atoms with Crippen molar-refractivity contribution >= 4 is 64.0 Å². The predicted octanol–water partition coefficient (Wildman–Crippen LogP) is 8.15. The van der Waals surface area contributed by atoms with Crippen LogP contribution in [-0.4, -0.2) is 107 Å². The van der Waals surface area contributed by atoms with Crippen molar-refractivity contribution in [1.29, 1.82) is 0 Å². The van der Waals surface area contributed by atoms with Crippen LogP contribution in [0.3, 0.4) is 0 Å². The van der Waals surface area contributed by atoms with Gasteiger partial charge < -0.3 is 50.8 Å². The van der Waals surface area contributed by atoms with Gasteiger partial charge in [-0.1, -0.05) is 56.6 Å². The number of aliphatic hydroxyl groups is 1. The van der Waals surface area contributed by atoms with Crippen molar-refractivity contribution in [3.8, 4) is 21.9 Å². The average Bonchev–Trinajstić information content (AvgIpc) is 3.95. The lowest BCUT2D eigenvalue weighted by molar-refractivity contribution is -0.144. The van der Waals surface area contributed by atoms with E-state index in [4.69, 9.17) is 25.8 Å². The number of alkyl halides is 3. The van der Waals surface area contributed by atoms with E-state index in [9.17, 15) is 42.3 Å².